The molecule has 0 unspecified atom stereocenters. The Labute approximate surface area is 174 Å². The topological polar surface area (TPSA) is 103 Å². The highest BCUT2D eigenvalue weighted by atomic mass is 32.1. The minimum Gasteiger partial charge on any atom is -0.492 e. The van der Waals surface area contributed by atoms with Gasteiger partial charge in [0.1, 0.15) is 5.75 Å². The molecule has 0 aliphatic carbocycles. The maximum atomic E-state index is 11.7. The van der Waals surface area contributed by atoms with Crippen LogP contribution in [0.1, 0.15) is 34.9 Å². The zero-order valence-electron chi connectivity index (χ0n) is 16.9. The first-order valence-corrected chi connectivity index (χ1v) is 10.4. The van der Waals surface area contributed by atoms with Crippen LogP contribution >= 0.6 is 11.3 Å². The fourth-order valence-corrected chi connectivity index (χ4v) is 3.89. The van der Waals surface area contributed by atoms with Crippen LogP contribution in [0.5, 0.6) is 5.75 Å². The third-order valence-corrected chi connectivity index (χ3v) is 5.55. The fourth-order valence-electron chi connectivity index (χ4n) is 2.92. The number of aromatic amines is 1. The second-order valence-corrected chi connectivity index (χ2v) is 8.13. The molecule has 8 heteroatoms. The van der Waals surface area contributed by atoms with Crippen LogP contribution in [0.2, 0.25) is 0 Å². The monoisotopic (exact) mass is 414 g/mol. The number of aromatic nitrogens is 3. The molecule has 3 heterocycles. The Kier molecular flexibility index (Phi) is 7.00. The number of carbonyl (C=O) groups excluding carboxylic acids is 1. The Morgan fingerprint density at radius 1 is 1.38 bits per heavy atom. The van der Waals surface area contributed by atoms with Crippen LogP contribution < -0.4 is 10.5 Å². The lowest BCUT2D eigenvalue weighted by Crippen LogP contribution is -2.01. The normalized spacial score (nSPS) is 12.2. The highest BCUT2D eigenvalue weighted by Gasteiger charge is 2.23. The highest BCUT2D eigenvalue weighted by molar-refractivity contribution is 7.14. The van der Waals surface area contributed by atoms with Gasteiger partial charge in [-0.1, -0.05) is 19.9 Å². The molecule has 0 spiro atoms. The average Bonchev–Trinajstić information content (AvgIpc) is 3.35. The molecule has 0 radical (unpaired) electrons. The van der Waals surface area contributed by atoms with Gasteiger partial charge in [-0.2, -0.15) is 5.10 Å². The number of H-pyrrole nitrogens is 1. The number of nitrogens with one attached hydrogen (secondary N) is 1. The van der Waals surface area contributed by atoms with E-state index in [9.17, 15) is 4.79 Å². The van der Waals surface area contributed by atoms with Gasteiger partial charge in [-0.05, 0) is 36.6 Å². The molecule has 0 saturated heterocycles. The average molecular weight is 415 g/mol. The van der Waals surface area contributed by atoms with E-state index in [1.807, 2.05) is 24.4 Å². The molecular weight excluding hydrogens is 388 g/mol. The predicted molar refractivity (Wildman–Crippen MR) is 114 cm³/mol. The van der Waals surface area contributed by atoms with Gasteiger partial charge in [0.2, 0.25) is 5.01 Å². The molecule has 7 nitrogen and oxygen atoms in total. The summed E-state index contributed by atoms with van der Waals surface area (Å²) >= 11 is 1.37. The summed E-state index contributed by atoms with van der Waals surface area (Å²) in [6.45, 7) is 5.73. The van der Waals surface area contributed by atoms with Crippen LogP contribution in [0.3, 0.4) is 0 Å². The number of fused-ring (bicyclic) bond motifs is 3. The summed E-state index contributed by atoms with van der Waals surface area (Å²) in [6.07, 6.45) is 5.48. The van der Waals surface area contributed by atoms with E-state index in [4.69, 9.17) is 15.2 Å². The highest BCUT2D eigenvalue weighted by Crippen LogP contribution is 2.39. The van der Waals surface area contributed by atoms with Crippen LogP contribution in [-0.2, 0) is 11.2 Å². The number of methoxy groups -OCH3 is 1. The van der Waals surface area contributed by atoms with E-state index in [-0.39, 0.29) is 0 Å². The Morgan fingerprint density at radius 3 is 2.83 bits per heavy atom. The van der Waals surface area contributed by atoms with E-state index in [0.717, 1.165) is 58.3 Å². The molecule has 3 aromatic rings. The molecule has 0 atom stereocenters. The lowest BCUT2D eigenvalue weighted by Gasteiger charge is -2.08. The Morgan fingerprint density at radius 2 is 2.21 bits per heavy atom. The molecule has 1 aromatic carbocycles. The van der Waals surface area contributed by atoms with Crippen LogP contribution in [0.25, 0.3) is 22.4 Å². The number of nitrogens with two attached hydrogens (primary N) is 1. The molecule has 2 aromatic heterocycles. The quantitative estimate of drug-likeness (QED) is 0.627. The number of carbonyl (C=O) groups is 1. The molecule has 1 aliphatic heterocycles. The second-order valence-electron chi connectivity index (χ2n) is 7.05. The number of benzene rings is 1. The van der Waals surface area contributed by atoms with Gasteiger partial charge < -0.3 is 15.2 Å². The Balaban J connectivity index is 0.000000353. The van der Waals surface area contributed by atoms with Crippen molar-refractivity contribution >= 4 is 17.3 Å². The van der Waals surface area contributed by atoms with Gasteiger partial charge in [0.05, 0.1) is 25.6 Å². The van der Waals surface area contributed by atoms with Crippen LogP contribution in [0.4, 0.5) is 0 Å². The molecule has 4 rings (SSSR count). The Bertz CT molecular complexity index is 951. The van der Waals surface area contributed by atoms with Gasteiger partial charge in [0, 0.05) is 28.6 Å². The molecule has 0 saturated carbocycles. The van der Waals surface area contributed by atoms with E-state index in [0.29, 0.717) is 11.6 Å². The van der Waals surface area contributed by atoms with Crippen molar-refractivity contribution in [3.63, 3.8) is 0 Å². The summed E-state index contributed by atoms with van der Waals surface area (Å²) < 4.78 is 10.6. The van der Waals surface area contributed by atoms with Gasteiger partial charge in [0.25, 0.3) is 0 Å². The van der Waals surface area contributed by atoms with Crippen molar-refractivity contribution in [3.05, 3.63) is 40.5 Å². The van der Waals surface area contributed by atoms with Crippen molar-refractivity contribution in [3.8, 4) is 28.1 Å². The third kappa shape index (κ3) is 5.02. The molecule has 0 amide bonds. The maximum Gasteiger partial charge on any atom is 0.367 e. The summed E-state index contributed by atoms with van der Waals surface area (Å²) in [5.74, 6) is 1.14. The van der Waals surface area contributed by atoms with E-state index in [2.05, 4.69) is 29.0 Å². The molecular formula is C21H26N4O3S. The largest absolute Gasteiger partial charge is 0.492 e. The smallest absolute Gasteiger partial charge is 0.367 e. The van der Waals surface area contributed by atoms with Crippen molar-refractivity contribution in [2.75, 3.05) is 20.3 Å². The van der Waals surface area contributed by atoms with Crippen molar-refractivity contribution in [2.45, 2.75) is 26.7 Å². The number of rotatable bonds is 4. The number of hydrogen-bond acceptors (Lipinski definition) is 7. The molecule has 0 bridgehead atoms. The zero-order chi connectivity index (χ0) is 20.8. The Hall–Kier alpha value is -2.71. The summed E-state index contributed by atoms with van der Waals surface area (Å²) in [7, 11) is 1.36. The lowest BCUT2D eigenvalue weighted by molar-refractivity contribution is 0.0600. The number of hydrogen-bond donors (Lipinski definition) is 2. The molecule has 3 N–H and O–H groups in total. The standard InChI is InChI=1S/C16H13N3O3S.C5H13N/c1-21-16(20)15-19-14-11-3-2-9(10-7-17-18-8-10)6-12(11)22-5-4-13(14)23-15;1-5(2)3-4-6/h2-3,6-8H,4-5H2,1H3,(H,17,18);5H,3-4,6H2,1-2H3. The predicted octanol–water partition coefficient (Wildman–Crippen LogP) is 3.91. The van der Waals surface area contributed by atoms with Gasteiger partial charge in [-0.15, -0.1) is 11.3 Å². The van der Waals surface area contributed by atoms with Crippen molar-refractivity contribution < 1.29 is 14.3 Å². The van der Waals surface area contributed by atoms with E-state index in [1.165, 1.54) is 18.4 Å². The first kappa shape index (κ1) is 21.0. The minimum atomic E-state index is -0.402. The third-order valence-electron chi connectivity index (χ3n) is 4.46. The van der Waals surface area contributed by atoms with E-state index in [1.54, 1.807) is 6.20 Å². The maximum absolute atomic E-state index is 11.7. The number of ether oxygens (including phenoxy) is 2. The number of nitrogens with zero attached hydrogens (tertiary/aromatic N) is 2. The van der Waals surface area contributed by atoms with Crippen molar-refractivity contribution in [2.24, 2.45) is 11.7 Å². The SMILES string of the molecule is CC(C)CCN.COC(=O)c1nc2c(s1)CCOc1cc(-c3cn[nH]c3)ccc1-2. The van der Waals surface area contributed by atoms with E-state index >= 15 is 0 Å². The van der Waals surface area contributed by atoms with Crippen molar-refractivity contribution in [1.29, 1.82) is 0 Å². The van der Waals surface area contributed by atoms with Gasteiger partial charge >= 0.3 is 5.97 Å². The van der Waals surface area contributed by atoms with Crippen LogP contribution in [-0.4, -0.2) is 41.4 Å². The minimum absolute atomic E-state index is 0.379. The second kappa shape index (κ2) is 9.67. The van der Waals surface area contributed by atoms with Crippen molar-refractivity contribution in [1.82, 2.24) is 15.2 Å². The lowest BCUT2D eigenvalue weighted by atomic mass is 10.0. The zero-order valence-corrected chi connectivity index (χ0v) is 17.7. The van der Waals surface area contributed by atoms with Crippen LogP contribution in [0, 0.1) is 5.92 Å². The first-order valence-electron chi connectivity index (χ1n) is 9.58. The molecule has 154 valence electrons. The fraction of sp³-hybridized carbons (Fsp3) is 0.381. The summed E-state index contributed by atoms with van der Waals surface area (Å²) in [5, 5.41) is 7.15. The summed E-state index contributed by atoms with van der Waals surface area (Å²) in [5.41, 5.74) is 8.95. The summed E-state index contributed by atoms with van der Waals surface area (Å²) in [4.78, 5) is 17.2. The molecule has 29 heavy (non-hydrogen) atoms. The number of thiazole rings is 1. The number of esters is 1. The first-order chi connectivity index (χ1) is 14.0. The summed E-state index contributed by atoms with van der Waals surface area (Å²) in [6, 6.07) is 5.95. The molecule has 0 fully saturated rings. The van der Waals surface area contributed by atoms with Gasteiger partial charge in [0.15, 0.2) is 0 Å². The van der Waals surface area contributed by atoms with Gasteiger partial charge in [-0.3, -0.25) is 5.10 Å². The van der Waals surface area contributed by atoms with Gasteiger partial charge in [-0.25, -0.2) is 9.78 Å². The van der Waals surface area contributed by atoms with Crippen LogP contribution in [0.15, 0.2) is 30.6 Å². The van der Waals surface area contributed by atoms with E-state index < -0.39 is 5.97 Å². The molecule has 1 aliphatic rings.